The predicted molar refractivity (Wildman–Crippen MR) is 74.6 cm³/mol. The minimum Gasteiger partial charge on any atom is -0.289 e. The number of hydrogen-bond acceptors (Lipinski definition) is 1. The van der Waals surface area contributed by atoms with Crippen molar-refractivity contribution in [3.63, 3.8) is 0 Å². The van der Waals surface area contributed by atoms with E-state index in [9.17, 15) is 4.79 Å². The summed E-state index contributed by atoms with van der Waals surface area (Å²) in [6.07, 6.45) is 0. The fraction of sp³-hybridized carbons (Fsp3) is 0.133. The van der Waals surface area contributed by atoms with E-state index < -0.39 is 0 Å². The van der Waals surface area contributed by atoms with Crippen LogP contribution in [0.2, 0.25) is 0 Å². The van der Waals surface area contributed by atoms with Crippen LogP contribution >= 0.6 is 8.58 Å². The van der Waals surface area contributed by atoms with Gasteiger partial charge < -0.3 is 0 Å². The maximum atomic E-state index is 12.3. The van der Waals surface area contributed by atoms with Crippen LogP contribution < -0.4 is 5.30 Å². The molecule has 0 radical (unpaired) electrons. The molecular formula is C15H15OP. The number of carbonyl (C=O) groups excluding carboxylic acids is 1. The molecule has 0 N–H and O–H groups in total. The molecule has 0 aliphatic rings. The van der Waals surface area contributed by atoms with E-state index in [4.69, 9.17) is 0 Å². The van der Waals surface area contributed by atoms with Crippen LogP contribution in [-0.2, 0) is 0 Å². The maximum Gasteiger partial charge on any atom is 0.186 e. The van der Waals surface area contributed by atoms with Gasteiger partial charge in [0.15, 0.2) is 5.52 Å². The first-order valence-corrected chi connectivity index (χ1v) is 6.61. The first-order chi connectivity index (χ1) is 8.18. The second-order valence-electron chi connectivity index (χ2n) is 4.09. The molecule has 2 rings (SSSR count). The third-order valence-corrected chi connectivity index (χ3v) is 3.84. The second-order valence-corrected chi connectivity index (χ2v) is 5.37. The van der Waals surface area contributed by atoms with E-state index >= 15 is 0 Å². The van der Waals surface area contributed by atoms with Gasteiger partial charge in [0, 0.05) is 5.56 Å². The molecule has 2 aromatic carbocycles. The molecule has 1 nitrogen and oxygen atoms in total. The van der Waals surface area contributed by atoms with Gasteiger partial charge >= 0.3 is 0 Å². The molecular weight excluding hydrogens is 227 g/mol. The Morgan fingerprint density at radius 1 is 0.882 bits per heavy atom. The molecule has 0 saturated carbocycles. The Kier molecular flexibility index (Phi) is 3.71. The average Bonchev–Trinajstić information content (AvgIpc) is 2.30. The summed E-state index contributed by atoms with van der Waals surface area (Å²) in [7, 11) is 0.210. The Bertz CT molecular complexity index is 512. The van der Waals surface area contributed by atoms with Crippen molar-refractivity contribution in [1.29, 1.82) is 0 Å². The van der Waals surface area contributed by atoms with Crippen molar-refractivity contribution in [3.05, 3.63) is 65.2 Å². The first-order valence-electron chi connectivity index (χ1n) is 5.61. The lowest BCUT2D eigenvalue weighted by Gasteiger charge is -2.08. The van der Waals surface area contributed by atoms with E-state index in [1.807, 2.05) is 62.4 Å². The van der Waals surface area contributed by atoms with Crippen LogP contribution in [0.25, 0.3) is 0 Å². The van der Waals surface area contributed by atoms with Crippen LogP contribution in [0.3, 0.4) is 0 Å². The van der Waals surface area contributed by atoms with Crippen LogP contribution in [0.4, 0.5) is 0 Å². The van der Waals surface area contributed by atoms with Gasteiger partial charge in [-0.15, -0.1) is 0 Å². The molecule has 0 saturated heterocycles. The normalized spacial score (nSPS) is 10.9. The van der Waals surface area contributed by atoms with Crippen molar-refractivity contribution in [2.45, 2.75) is 13.8 Å². The van der Waals surface area contributed by atoms with Crippen LogP contribution in [0.1, 0.15) is 21.5 Å². The summed E-state index contributed by atoms with van der Waals surface area (Å²) in [5.74, 6) is 0. The molecule has 17 heavy (non-hydrogen) atoms. The van der Waals surface area contributed by atoms with Crippen molar-refractivity contribution in [2.75, 3.05) is 0 Å². The van der Waals surface area contributed by atoms with Crippen molar-refractivity contribution in [3.8, 4) is 0 Å². The summed E-state index contributed by atoms with van der Waals surface area (Å²) in [5, 5.41) is 1.10. The van der Waals surface area contributed by atoms with Gasteiger partial charge in [0.2, 0.25) is 0 Å². The minimum atomic E-state index is 0.210. The number of aryl methyl sites for hydroxylation is 2. The van der Waals surface area contributed by atoms with E-state index in [2.05, 4.69) is 0 Å². The lowest BCUT2D eigenvalue weighted by Crippen LogP contribution is -2.04. The van der Waals surface area contributed by atoms with Crippen molar-refractivity contribution in [2.24, 2.45) is 0 Å². The Hall–Kier alpha value is -1.46. The fourth-order valence-electron chi connectivity index (χ4n) is 1.89. The van der Waals surface area contributed by atoms with Gasteiger partial charge in [-0.1, -0.05) is 48.5 Å². The van der Waals surface area contributed by atoms with E-state index in [-0.39, 0.29) is 14.1 Å². The molecule has 0 heterocycles. The molecule has 2 aromatic rings. The fourth-order valence-corrected chi connectivity index (χ4v) is 3.03. The number of rotatable bonds is 3. The molecule has 0 amide bonds. The van der Waals surface area contributed by atoms with Gasteiger partial charge in [-0.3, -0.25) is 4.79 Å². The van der Waals surface area contributed by atoms with E-state index in [1.54, 1.807) is 0 Å². The quantitative estimate of drug-likeness (QED) is 0.753. The summed E-state index contributed by atoms with van der Waals surface area (Å²) in [6.45, 7) is 3.99. The molecule has 0 bridgehead atoms. The van der Waals surface area contributed by atoms with Crippen LogP contribution in [0.5, 0.6) is 0 Å². The van der Waals surface area contributed by atoms with Gasteiger partial charge in [-0.2, -0.15) is 0 Å². The number of hydrogen-bond donors (Lipinski definition) is 0. The van der Waals surface area contributed by atoms with Crippen LogP contribution in [0, 0.1) is 13.8 Å². The molecule has 0 aromatic heterocycles. The molecule has 0 aliphatic carbocycles. The first kappa shape index (κ1) is 12.0. The van der Waals surface area contributed by atoms with E-state index in [0.29, 0.717) is 0 Å². The van der Waals surface area contributed by atoms with Crippen LogP contribution in [-0.4, -0.2) is 5.52 Å². The third-order valence-electron chi connectivity index (χ3n) is 2.74. The Morgan fingerprint density at radius 3 is 2.06 bits per heavy atom. The highest BCUT2D eigenvalue weighted by atomic mass is 31.1. The van der Waals surface area contributed by atoms with Crippen LogP contribution in [0.15, 0.2) is 48.5 Å². The number of carbonyl (C=O) groups is 1. The zero-order valence-electron chi connectivity index (χ0n) is 10.0. The molecule has 2 heteroatoms. The lowest BCUT2D eigenvalue weighted by molar-refractivity contribution is 0.108. The summed E-state index contributed by atoms with van der Waals surface area (Å²) >= 11 is 0. The molecule has 0 aliphatic heterocycles. The highest BCUT2D eigenvalue weighted by Crippen LogP contribution is 2.23. The Balaban J connectivity index is 2.27. The molecule has 0 fully saturated rings. The van der Waals surface area contributed by atoms with E-state index in [0.717, 1.165) is 22.0 Å². The Labute approximate surface area is 104 Å². The summed E-state index contributed by atoms with van der Waals surface area (Å²) in [5.41, 5.74) is 3.25. The predicted octanol–water partition coefficient (Wildman–Crippen LogP) is 3.45. The summed E-state index contributed by atoms with van der Waals surface area (Å²) in [6, 6.07) is 15.9. The van der Waals surface area contributed by atoms with Gasteiger partial charge in [0.05, 0.1) is 0 Å². The zero-order chi connectivity index (χ0) is 12.3. The van der Waals surface area contributed by atoms with Gasteiger partial charge in [0.25, 0.3) is 0 Å². The molecule has 86 valence electrons. The average molecular weight is 242 g/mol. The van der Waals surface area contributed by atoms with Gasteiger partial charge in [0.1, 0.15) is 0 Å². The van der Waals surface area contributed by atoms with Gasteiger partial charge in [-0.05, 0) is 38.9 Å². The molecule has 1 unspecified atom stereocenters. The van der Waals surface area contributed by atoms with E-state index in [1.165, 1.54) is 0 Å². The van der Waals surface area contributed by atoms with Crippen molar-refractivity contribution >= 4 is 19.4 Å². The van der Waals surface area contributed by atoms with Crippen molar-refractivity contribution < 1.29 is 4.79 Å². The topological polar surface area (TPSA) is 17.1 Å². The second kappa shape index (κ2) is 5.25. The highest BCUT2D eigenvalue weighted by molar-refractivity contribution is 7.66. The summed E-state index contributed by atoms with van der Waals surface area (Å²) in [4.78, 5) is 12.3. The molecule has 0 spiro atoms. The highest BCUT2D eigenvalue weighted by Gasteiger charge is 2.12. The minimum absolute atomic E-state index is 0.210. The monoisotopic (exact) mass is 242 g/mol. The zero-order valence-corrected chi connectivity index (χ0v) is 11.0. The smallest absolute Gasteiger partial charge is 0.186 e. The molecule has 1 atom stereocenters. The van der Waals surface area contributed by atoms with Gasteiger partial charge in [-0.25, -0.2) is 0 Å². The maximum absolute atomic E-state index is 12.3. The third kappa shape index (κ3) is 2.81. The summed E-state index contributed by atoms with van der Waals surface area (Å²) < 4.78 is 0. The SMILES string of the molecule is Cc1cccc(C)c1C(=O)Pc1ccccc1. The van der Waals surface area contributed by atoms with Crippen molar-refractivity contribution in [1.82, 2.24) is 0 Å². The Morgan fingerprint density at radius 2 is 1.47 bits per heavy atom. The number of benzene rings is 2. The standard InChI is InChI=1S/C15H15OP/c1-11-7-6-8-12(2)14(11)15(16)17-13-9-4-3-5-10-13/h3-10,17H,1-2H3. The largest absolute Gasteiger partial charge is 0.289 e. The lowest BCUT2D eigenvalue weighted by atomic mass is 10.0.